The van der Waals surface area contributed by atoms with Crippen LogP contribution in [0.2, 0.25) is 0 Å². The lowest BCUT2D eigenvalue weighted by molar-refractivity contribution is -0.130. The van der Waals surface area contributed by atoms with Crippen LogP contribution in [0.4, 0.5) is 0 Å². The highest BCUT2D eigenvalue weighted by Crippen LogP contribution is 1.78. The molecule has 0 spiro atoms. The van der Waals surface area contributed by atoms with Crippen LogP contribution in [0.1, 0.15) is 27.2 Å². The maximum Gasteiger partial charge on any atom is 0.243 e. The predicted octanol–water partition coefficient (Wildman–Crippen LogP) is -0.954. The maximum atomic E-state index is 11.1. The van der Waals surface area contributed by atoms with Crippen molar-refractivity contribution in [2.75, 3.05) is 6.54 Å². The summed E-state index contributed by atoms with van der Waals surface area (Å²) in [4.78, 5) is 22.1. The highest BCUT2D eigenvalue weighted by Gasteiger charge is 2.07. The predicted molar refractivity (Wildman–Crippen MR) is 52.9 cm³/mol. The maximum absolute atomic E-state index is 11.1. The average molecular weight is 202 g/mol. The summed E-state index contributed by atoms with van der Waals surface area (Å²) in [6.45, 7) is 6.25. The fraction of sp³-hybridized carbons (Fsp3) is 0.750. The summed E-state index contributed by atoms with van der Waals surface area (Å²) in [6, 6.07) is 0.149. The second-order valence-corrected chi connectivity index (χ2v) is 3.10. The summed E-state index contributed by atoms with van der Waals surface area (Å²) in [5, 5.41) is 0. The first-order valence-electron chi connectivity index (χ1n) is 4.62. The molecule has 0 heterocycles. The number of hydrogen-bond acceptors (Lipinski definition) is 4. The molecule has 0 aliphatic rings. The van der Waals surface area contributed by atoms with Crippen molar-refractivity contribution in [3.8, 4) is 0 Å². The molecule has 0 unspecified atom stereocenters. The van der Waals surface area contributed by atoms with Gasteiger partial charge < -0.3 is 0 Å². The first kappa shape index (κ1) is 12.9. The molecule has 0 aromatic rings. The van der Waals surface area contributed by atoms with Crippen molar-refractivity contribution >= 4 is 11.8 Å². The molecular weight excluding hydrogens is 184 g/mol. The van der Waals surface area contributed by atoms with Gasteiger partial charge in [-0.15, -0.1) is 0 Å². The van der Waals surface area contributed by atoms with Crippen molar-refractivity contribution in [1.29, 1.82) is 0 Å². The second-order valence-electron chi connectivity index (χ2n) is 3.10. The third-order valence-electron chi connectivity index (χ3n) is 1.23. The number of rotatable bonds is 6. The molecule has 0 aliphatic heterocycles. The molecule has 0 aliphatic carbocycles. The Kier molecular flexibility index (Phi) is 6.69. The van der Waals surface area contributed by atoms with Gasteiger partial charge in [-0.2, -0.15) is 0 Å². The van der Waals surface area contributed by atoms with Crippen molar-refractivity contribution in [1.82, 2.24) is 21.7 Å². The molecular formula is C8H18N4O2. The molecule has 0 saturated heterocycles. The fourth-order valence-electron chi connectivity index (χ4n) is 0.646. The van der Waals surface area contributed by atoms with Crippen molar-refractivity contribution in [3.05, 3.63) is 0 Å². The van der Waals surface area contributed by atoms with Crippen LogP contribution in [0.15, 0.2) is 0 Å². The molecule has 0 bridgehead atoms. The molecule has 2 amide bonds. The van der Waals surface area contributed by atoms with Gasteiger partial charge in [-0.25, -0.2) is 10.9 Å². The number of amides is 2. The van der Waals surface area contributed by atoms with Gasteiger partial charge >= 0.3 is 0 Å². The Bertz CT molecular complexity index is 194. The zero-order chi connectivity index (χ0) is 11.0. The van der Waals surface area contributed by atoms with Crippen LogP contribution in [0, 0.1) is 0 Å². The van der Waals surface area contributed by atoms with E-state index in [9.17, 15) is 9.59 Å². The molecule has 0 aromatic heterocycles. The zero-order valence-electron chi connectivity index (χ0n) is 8.81. The minimum Gasteiger partial charge on any atom is -0.291 e. The highest BCUT2D eigenvalue weighted by atomic mass is 16.2. The Hall–Kier alpha value is -1.14. The Morgan fingerprint density at radius 1 is 1.14 bits per heavy atom. The molecule has 82 valence electrons. The molecule has 4 N–H and O–H groups in total. The number of carbonyl (C=O) groups is 2. The first-order valence-corrected chi connectivity index (χ1v) is 4.62. The third kappa shape index (κ3) is 7.51. The standard InChI is InChI=1S/C8H18N4O2/c1-4-9-11-7(13)5-8(14)12-10-6(2)3/h6,9-10H,4-5H2,1-3H3,(H,11,13)(H,12,14). The molecule has 0 fully saturated rings. The third-order valence-corrected chi connectivity index (χ3v) is 1.23. The Morgan fingerprint density at radius 2 is 1.71 bits per heavy atom. The van der Waals surface area contributed by atoms with Crippen molar-refractivity contribution in [2.24, 2.45) is 0 Å². The van der Waals surface area contributed by atoms with Crippen LogP contribution in [0.5, 0.6) is 0 Å². The summed E-state index contributed by atoms with van der Waals surface area (Å²) >= 11 is 0. The molecule has 14 heavy (non-hydrogen) atoms. The van der Waals surface area contributed by atoms with Gasteiger partial charge in [0.25, 0.3) is 0 Å². The van der Waals surface area contributed by atoms with Crippen LogP contribution < -0.4 is 21.7 Å². The monoisotopic (exact) mass is 202 g/mol. The molecule has 0 atom stereocenters. The van der Waals surface area contributed by atoms with Crippen LogP contribution >= 0.6 is 0 Å². The molecule has 0 aromatic carbocycles. The van der Waals surface area contributed by atoms with E-state index in [0.717, 1.165) is 0 Å². The van der Waals surface area contributed by atoms with E-state index in [0.29, 0.717) is 6.54 Å². The summed E-state index contributed by atoms with van der Waals surface area (Å²) < 4.78 is 0. The smallest absolute Gasteiger partial charge is 0.243 e. The molecule has 0 rings (SSSR count). The van der Waals surface area contributed by atoms with Crippen LogP contribution in [0.25, 0.3) is 0 Å². The molecule has 6 nitrogen and oxygen atoms in total. The summed E-state index contributed by atoms with van der Waals surface area (Å²) in [5.74, 6) is -0.705. The lowest BCUT2D eigenvalue weighted by Crippen LogP contribution is -2.45. The van der Waals surface area contributed by atoms with Gasteiger partial charge in [0, 0.05) is 12.6 Å². The summed E-state index contributed by atoms with van der Waals surface area (Å²) in [6.07, 6.45) is -0.188. The van der Waals surface area contributed by atoms with Crippen molar-refractivity contribution < 1.29 is 9.59 Å². The van der Waals surface area contributed by atoms with Gasteiger partial charge in [0.15, 0.2) is 0 Å². The number of carbonyl (C=O) groups excluding carboxylic acids is 2. The van der Waals surface area contributed by atoms with Gasteiger partial charge in [0.2, 0.25) is 11.8 Å². The Labute approximate surface area is 83.8 Å². The van der Waals surface area contributed by atoms with Gasteiger partial charge in [0.1, 0.15) is 6.42 Å². The average Bonchev–Trinajstić information content (AvgIpc) is 2.11. The lowest BCUT2D eigenvalue weighted by atomic mass is 10.4. The van der Waals surface area contributed by atoms with E-state index in [4.69, 9.17) is 0 Å². The van der Waals surface area contributed by atoms with Crippen LogP contribution in [-0.2, 0) is 9.59 Å². The molecule has 6 heteroatoms. The number of nitrogens with one attached hydrogen (secondary N) is 4. The van der Waals surface area contributed by atoms with Gasteiger partial charge in [-0.1, -0.05) is 6.92 Å². The van der Waals surface area contributed by atoms with Crippen LogP contribution in [0.3, 0.4) is 0 Å². The number of hydrogen-bond donors (Lipinski definition) is 4. The van der Waals surface area contributed by atoms with E-state index in [-0.39, 0.29) is 24.3 Å². The Balaban J connectivity index is 3.55. The van der Waals surface area contributed by atoms with Gasteiger partial charge in [-0.05, 0) is 13.8 Å². The van der Waals surface area contributed by atoms with Crippen molar-refractivity contribution in [2.45, 2.75) is 33.2 Å². The molecule has 0 radical (unpaired) electrons. The minimum absolute atomic E-state index is 0.149. The summed E-state index contributed by atoms with van der Waals surface area (Å²) in [7, 11) is 0. The SMILES string of the molecule is CCNNC(=O)CC(=O)NNC(C)C. The van der Waals surface area contributed by atoms with Gasteiger partial charge in [-0.3, -0.25) is 20.4 Å². The quantitative estimate of drug-likeness (QED) is 0.330. The Morgan fingerprint density at radius 3 is 2.21 bits per heavy atom. The fourth-order valence-corrected chi connectivity index (χ4v) is 0.646. The summed E-state index contributed by atoms with van der Waals surface area (Å²) in [5.41, 5.74) is 10.1. The zero-order valence-corrected chi connectivity index (χ0v) is 8.81. The van der Waals surface area contributed by atoms with Gasteiger partial charge in [0.05, 0.1) is 0 Å². The van der Waals surface area contributed by atoms with E-state index in [1.54, 1.807) is 0 Å². The normalized spacial score (nSPS) is 10.0. The van der Waals surface area contributed by atoms with E-state index in [1.165, 1.54) is 0 Å². The minimum atomic E-state index is -0.353. The lowest BCUT2D eigenvalue weighted by Gasteiger charge is -2.09. The van der Waals surface area contributed by atoms with Crippen molar-refractivity contribution in [3.63, 3.8) is 0 Å². The van der Waals surface area contributed by atoms with E-state index >= 15 is 0 Å². The van der Waals surface area contributed by atoms with E-state index in [1.807, 2.05) is 20.8 Å². The largest absolute Gasteiger partial charge is 0.291 e. The topological polar surface area (TPSA) is 82.3 Å². The van der Waals surface area contributed by atoms with E-state index in [2.05, 4.69) is 21.7 Å². The highest BCUT2D eigenvalue weighted by molar-refractivity contribution is 5.96. The second kappa shape index (κ2) is 7.28. The first-order chi connectivity index (χ1) is 6.56. The van der Waals surface area contributed by atoms with E-state index < -0.39 is 0 Å². The molecule has 0 saturated carbocycles. The number of hydrazine groups is 2. The van der Waals surface area contributed by atoms with Crippen LogP contribution in [-0.4, -0.2) is 24.4 Å².